The Bertz CT molecular complexity index is 80.9. The van der Waals surface area contributed by atoms with Crippen molar-refractivity contribution in [3.63, 3.8) is 0 Å². The van der Waals surface area contributed by atoms with Gasteiger partial charge >= 0.3 is 0 Å². The van der Waals surface area contributed by atoms with E-state index >= 15 is 0 Å². The molecular formula is C3H4FNS. The highest BCUT2D eigenvalue weighted by Crippen LogP contribution is 2.16. The van der Waals surface area contributed by atoms with Crippen LogP contribution in [-0.2, 0) is 0 Å². The van der Waals surface area contributed by atoms with Crippen molar-refractivity contribution in [2.24, 2.45) is 0 Å². The van der Waals surface area contributed by atoms with Crippen molar-refractivity contribution >= 4 is 11.9 Å². The van der Waals surface area contributed by atoms with Gasteiger partial charge in [-0.15, -0.1) is 0 Å². The summed E-state index contributed by atoms with van der Waals surface area (Å²) in [5.41, 5.74) is 0. The van der Waals surface area contributed by atoms with Gasteiger partial charge < -0.3 is 0 Å². The third-order valence-corrected chi connectivity index (χ3v) is 1.19. The first-order valence-electron chi connectivity index (χ1n) is 1.65. The molecule has 3 heteroatoms. The quantitative estimate of drug-likeness (QED) is 0.462. The molecule has 0 spiro atoms. The topological polar surface area (TPSA) is 12.0 Å². The Kier molecular flexibility index (Phi) is 1.12. The maximum Gasteiger partial charge on any atom is 0.168 e. The minimum absolute atomic E-state index is 0.116. The standard InChI is InChI=1S/C3H4FNS/c4-3-1-2-5-6-3/h1,5H,2H2. The lowest BCUT2D eigenvalue weighted by Gasteiger charge is -1.79. The van der Waals surface area contributed by atoms with E-state index in [4.69, 9.17) is 0 Å². The molecule has 0 saturated heterocycles. The molecule has 1 nitrogen and oxygen atoms in total. The maximum absolute atomic E-state index is 11.7. The summed E-state index contributed by atoms with van der Waals surface area (Å²) in [4.78, 5) is 0. The normalized spacial score (nSPS) is 21.2. The molecule has 1 heterocycles. The van der Waals surface area contributed by atoms with Crippen LogP contribution in [0.25, 0.3) is 0 Å². The van der Waals surface area contributed by atoms with Crippen LogP contribution < -0.4 is 4.72 Å². The van der Waals surface area contributed by atoms with Gasteiger partial charge in [0.1, 0.15) is 0 Å². The smallest absolute Gasteiger partial charge is 0.168 e. The Balaban J connectivity index is 2.45. The number of hydrogen-bond donors (Lipinski definition) is 1. The zero-order chi connectivity index (χ0) is 4.41. The predicted molar refractivity (Wildman–Crippen MR) is 24.8 cm³/mol. The van der Waals surface area contributed by atoms with Gasteiger partial charge in [0.05, 0.1) is 0 Å². The van der Waals surface area contributed by atoms with Crippen LogP contribution in [0.15, 0.2) is 11.2 Å². The molecule has 0 aromatic carbocycles. The van der Waals surface area contributed by atoms with E-state index in [2.05, 4.69) is 4.72 Å². The number of rotatable bonds is 0. The predicted octanol–water partition coefficient (Wildman–Crippen LogP) is 1.05. The Morgan fingerprint density at radius 3 is 3.00 bits per heavy atom. The summed E-state index contributed by atoms with van der Waals surface area (Å²) in [7, 11) is 0. The third-order valence-electron chi connectivity index (χ3n) is 0.516. The van der Waals surface area contributed by atoms with Gasteiger partial charge in [-0.05, 0) is 18.0 Å². The van der Waals surface area contributed by atoms with E-state index in [1.165, 1.54) is 6.08 Å². The lowest BCUT2D eigenvalue weighted by Crippen LogP contribution is -1.92. The lowest BCUT2D eigenvalue weighted by atomic mass is 10.7. The molecule has 1 aliphatic rings. The second kappa shape index (κ2) is 1.62. The summed E-state index contributed by atoms with van der Waals surface area (Å²) >= 11 is 1.04. The Morgan fingerprint density at radius 2 is 2.83 bits per heavy atom. The Labute approximate surface area is 39.7 Å². The van der Waals surface area contributed by atoms with Gasteiger partial charge in [-0.2, -0.15) is 4.39 Å². The van der Waals surface area contributed by atoms with Gasteiger partial charge in [0, 0.05) is 6.54 Å². The summed E-state index contributed by atoms with van der Waals surface area (Å²) < 4.78 is 14.4. The van der Waals surface area contributed by atoms with Gasteiger partial charge in [-0.3, -0.25) is 4.72 Å². The average molecular weight is 105 g/mol. The molecule has 0 radical (unpaired) electrons. The van der Waals surface area contributed by atoms with E-state index in [0.717, 1.165) is 11.9 Å². The summed E-state index contributed by atoms with van der Waals surface area (Å²) in [6.07, 6.45) is 1.50. The number of hydrogen-bond acceptors (Lipinski definition) is 2. The zero-order valence-electron chi connectivity index (χ0n) is 3.07. The van der Waals surface area contributed by atoms with Crippen LogP contribution >= 0.6 is 11.9 Å². The summed E-state index contributed by atoms with van der Waals surface area (Å²) in [5, 5.41) is -0.116. The monoisotopic (exact) mass is 105 g/mol. The highest BCUT2D eigenvalue weighted by atomic mass is 32.2. The molecule has 0 bridgehead atoms. The van der Waals surface area contributed by atoms with Crippen molar-refractivity contribution in [3.05, 3.63) is 11.2 Å². The molecule has 1 aliphatic heterocycles. The Hall–Kier alpha value is -0.0200. The summed E-state index contributed by atoms with van der Waals surface area (Å²) in [6, 6.07) is 0. The first-order chi connectivity index (χ1) is 2.89. The van der Waals surface area contributed by atoms with Gasteiger partial charge in [-0.25, -0.2) is 0 Å². The molecule has 0 aromatic heterocycles. The molecule has 0 unspecified atom stereocenters. The molecule has 0 fully saturated rings. The van der Waals surface area contributed by atoms with E-state index in [0.29, 0.717) is 6.54 Å². The van der Waals surface area contributed by atoms with E-state index in [-0.39, 0.29) is 5.16 Å². The SMILES string of the molecule is FC1=CCNS1. The van der Waals surface area contributed by atoms with Crippen molar-refractivity contribution < 1.29 is 4.39 Å². The maximum atomic E-state index is 11.7. The summed E-state index contributed by atoms with van der Waals surface area (Å²) in [6.45, 7) is 0.663. The van der Waals surface area contributed by atoms with Crippen molar-refractivity contribution in [3.8, 4) is 0 Å². The fraction of sp³-hybridized carbons (Fsp3) is 0.333. The van der Waals surface area contributed by atoms with E-state index in [1.54, 1.807) is 0 Å². The first-order valence-corrected chi connectivity index (χ1v) is 2.46. The van der Waals surface area contributed by atoms with Crippen molar-refractivity contribution in [2.45, 2.75) is 0 Å². The fourth-order valence-electron chi connectivity index (χ4n) is 0.274. The van der Waals surface area contributed by atoms with Crippen molar-refractivity contribution in [1.82, 2.24) is 4.72 Å². The lowest BCUT2D eigenvalue weighted by molar-refractivity contribution is 0.701. The molecule has 0 aliphatic carbocycles. The van der Waals surface area contributed by atoms with Crippen LogP contribution in [-0.4, -0.2) is 6.54 Å². The highest BCUT2D eigenvalue weighted by Gasteiger charge is 1.99. The highest BCUT2D eigenvalue weighted by molar-refractivity contribution is 8.01. The molecule has 6 heavy (non-hydrogen) atoms. The second-order valence-corrected chi connectivity index (χ2v) is 1.84. The molecule has 0 aromatic rings. The van der Waals surface area contributed by atoms with Gasteiger partial charge in [-0.1, -0.05) is 0 Å². The second-order valence-electron chi connectivity index (χ2n) is 0.959. The van der Waals surface area contributed by atoms with Gasteiger partial charge in [0.15, 0.2) is 5.16 Å². The van der Waals surface area contributed by atoms with E-state index in [1.807, 2.05) is 0 Å². The first kappa shape index (κ1) is 4.15. The molecule has 1 rings (SSSR count). The average Bonchev–Trinajstić information content (AvgIpc) is 1.86. The molecule has 0 atom stereocenters. The number of nitrogens with one attached hydrogen (secondary N) is 1. The van der Waals surface area contributed by atoms with Crippen LogP contribution in [0.1, 0.15) is 0 Å². The molecular weight excluding hydrogens is 101 g/mol. The largest absolute Gasteiger partial charge is 0.254 e. The van der Waals surface area contributed by atoms with Crippen LogP contribution in [0.2, 0.25) is 0 Å². The van der Waals surface area contributed by atoms with Crippen LogP contribution in [0.5, 0.6) is 0 Å². The fourth-order valence-corrected chi connectivity index (χ4v) is 0.745. The van der Waals surface area contributed by atoms with Crippen LogP contribution in [0.3, 0.4) is 0 Å². The van der Waals surface area contributed by atoms with E-state index in [9.17, 15) is 4.39 Å². The third kappa shape index (κ3) is 0.725. The molecule has 1 N–H and O–H groups in total. The number of halogens is 1. The van der Waals surface area contributed by atoms with Crippen molar-refractivity contribution in [1.29, 1.82) is 0 Å². The molecule has 0 amide bonds. The summed E-state index contributed by atoms with van der Waals surface area (Å²) in [5.74, 6) is 0. The van der Waals surface area contributed by atoms with Crippen molar-refractivity contribution in [2.75, 3.05) is 6.54 Å². The van der Waals surface area contributed by atoms with Gasteiger partial charge in [0.25, 0.3) is 0 Å². The van der Waals surface area contributed by atoms with E-state index < -0.39 is 0 Å². The molecule has 0 saturated carbocycles. The molecule has 34 valence electrons. The minimum Gasteiger partial charge on any atom is -0.254 e. The van der Waals surface area contributed by atoms with Crippen LogP contribution in [0, 0.1) is 0 Å². The van der Waals surface area contributed by atoms with Crippen LogP contribution in [0.4, 0.5) is 4.39 Å². The Morgan fingerprint density at radius 1 is 2.00 bits per heavy atom. The minimum atomic E-state index is -0.116. The zero-order valence-corrected chi connectivity index (χ0v) is 3.89. The van der Waals surface area contributed by atoms with Gasteiger partial charge in [0.2, 0.25) is 0 Å².